The van der Waals surface area contributed by atoms with E-state index < -0.39 is 0 Å². The van der Waals surface area contributed by atoms with Crippen molar-refractivity contribution in [3.8, 4) is 10.6 Å². The summed E-state index contributed by atoms with van der Waals surface area (Å²) < 4.78 is 0. The van der Waals surface area contributed by atoms with E-state index in [1.165, 1.54) is 16.7 Å². The highest BCUT2D eigenvalue weighted by Gasteiger charge is 2.15. The maximum atomic E-state index is 4.74. The number of thiazole rings is 2. The number of hydrogen-bond acceptors (Lipinski definition) is 4. The molecule has 0 spiro atoms. The summed E-state index contributed by atoms with van der Waals surface area (Å²) in [6, 6.07) is 6.80. The van der Waals surface area contributed by atoms with E-state index in [0.29, 0.717) is 11.8 Å². The zero-order valence-electron chi connectivity index (χ0n) is 12.2. The topological polar surface area (TPSA) is 25.8 Å². The van der Waals surface area contributed by atoms with Crippen LogP contribution in [-0.4, -0.2) is 9.97 Å². The summed E-state index contributed by atoms with van der Waals surface area (Å²) in [5, 5.41) is 1.10. The van der Waals surface area contributed by atoms with E-state index in [1.54, 1.807) is 22.7 Å². The van der Waals surface area contributed by atoms with E-state index in [4.69, 9.17) is 4.98 Å². The minimum Gasteiger partial charge on any atom is -0.232 e. The molecule has 3 rings (SSSR count). The SMILES string of the molecule is CC(C)c1ccc(-c2nc3scnc3s2)c(C(C)C)c1. The molecule has 2 aromatic heterocycles. The number of rotatable bonds is 3. The van der Waals surface area contributed by atoms with Crippen molar-refractivity contribution in [3.63, 3.8) is 0 Å². The third-order valence-electron chi connectivity index (χ3n) is 3.51. The standard InChI is InChI=1S/C16H18N2S2/c1-9(2)11-5-6-12(13(7-11)10(3)4)14-18-16-15(20-14)17-8-19-16/h5-10H,1-4H3. The predicted octanol–water partition coefficient (Wildman–Crippen LogP) is 5.67. The van der Waals surface area contributed by atoms with Gasteiger partial charge in [0.05, 0.1) is 5.51 Å². The lowest BCUT2D eigenvalue weighted by molar-refractivity contribution is 0.835. The summed E-state index contributed by atoms with van der Waals surface area (Å²) in [6.45, 7) is 8.97. The largest absolute Gasteiger partial charge is 0.232 e. The molecule has 0 fully saturated rings. The van der Waals surface area contributed by atoms with Gasteiger partial charge in [0.2, 0.25) is 0 Å². The second-order valence-electron chi connectivity index (χ2n) is 5.64. The van der Waals surface area contributed by atoms with E-state index in [1.807, 2.05) is 5.51 Å². The van der Waals surface area contributed by atoms with Gasteiger partial charge in [0.25, 0.3) is 0 Å². The first kappa shape index (κ1) is 13.7. The molecule has 3 aromatic rings. The summed E-state index contributed by atoms with van der Waals surface area (Å²) in [4.78, 5) is 11.2. The molecule has 2 heterocycles. The Morgan fingerprint density at radius 1 is 1.00 bits per heavy atom. The Morgan fingerprint density at radius 3 is 2.45 bits per heavy atom. The van der Waals surface area contributed by atoms with Crippen molar-refractivity contribution in [1.82, 2.24) is 9.97 Å². The number of benzene rings is 1. The van der Waals surface area contributed by atoms with Crippen LogP contribution in [0.25, 0.3) is 20.2 Å². The minimum atomic E-state index is 0.499. The number of aromatic nitrogens is 2. The van der Waals surface area contributed by atoms with Gasteiger partial charge < -0.3 is 0 Å². The first-order valence-corrected chi connectivity index (χ1v) is 8.60. The van der Waals surface area contributed by atoms with Gasteiger partial charge in [0.1, 0.15) is 5.01 Å². The van der Waals surface area contributed by atoms with E-state index in [-0.39, 0.29) is 0 Å². The van der Waals surface area contributed by atoms with Crippen LogP contribution in [0.4, 0.5) is 0 Å². The summed E-state index contributed by atoms with van der Waals surface area (Å²) >= 11 is 3.30. The molecule has 0 atom stereocenters. The van der Waals surface area contributed by atoms with Crippen LogP contribution >= 0.6 is 22.7 Å². The van der Waals surface area contributed by atoms with Crippen molar-refractivity contribution in [2.75, 3.05) is 0 Å². The zero-order chi connectivity index (χ0) is 14.3. The molecule has 1 aromatic carbocycles. The van der Waals surface area contributed by atoms with Crippen LogP contribution in [0, 0.1) is 0 Å². The van der Waals surface area contributed by atoms with Gasteiger partial charge in [-0.3, -0.25) is 0 Å². The molecular weight excluding hydrogens is 284 g/mol. The van der Waals surface area contributed by atoms with E-state index in [2.05, 4.69) is 50.9 Å². The number of nitrogens with zero attached hydrogens (tertiary/aromatic N) is 2. The highest BCUT2D eigenvalue weighted by molar-refractivity contribution is 7.27. The average Bonchev–Trinajstić information content (AvgIpc) is 2.98. The lowest BCUT2D eigenvalue weighted by Gasteiger charge is -2.15. The smallest absolute Gasteiger partial charge is 0.155 e. The highest BCUT2D eigenvalue weighted by Crippen LogP contribution is 2.36. The normalized spacial score (nSPS) is 11.9. The van der Waals surface area contributed by atoms with Crippen molar-refractivity contribution in [2.45, 2.75) is 39.5 Å². The van der Waals surface area contributed by atoms with Gasteiger partial charge in [0, 0.05) is 5.56 Å². The molecule has 0 saturated heterocycles. The summed E-state index contributed by atoms with van der Waals surface area (Å²) in [5.74, 6) is 1.06. The molecule has 0 saturated carbocycles. The molecular formula is C16H18N2S2. The summed E-state index contributed by atoms with van der Waals surface area (Å²) in [6.07, 6.45) is 0. The maximum Gasteiger partial charge on any atom is 0.155 e. The Bertz CT molecular complexity index is 709. The fraction of sp³-hybridized carbons (Fsp3) is 0.375. The maximum absolute atomic E-state index is 4.74. The molecule has 0 aliphatic rings. The third kappa shape index (κ3) is 2.38. The molecule has 20 heavy (non-hydrogen) atoms. The molecule has 0 aliphatic carbocycles. The second-order valence-corrected chi connectivity index (χ2v) is 7.45. The Hall–Kier alpha value is -1.26. The third-order valence-corrected chi connectivity index (χ3v) is 5.35. The van der Waals surface area contributed by atoms with Crippen LogP contribution in [0.3, 0.4) is 0 Å². The zero-order valence-corrected chi connectivity index (χ0v) is 13.8. The van der Waals surface area contributed by atoms with Gasteiger partial charge in [-0.2, -0.15) is 0 Å². The molecule has 0 unspecified atom stereocenters. The molecule has 0 radical (unpaired) electrons. The molecule has 0 amide bonds. The van der Waals surface area contributed by atoms with Crippen molar-refractivity contribution in [1.29, 1.82) is 0 Å². The van der Waals surface area contributed by atoms with E-state index in [0.717, 1.165) is 14.7 Å². The minimum absolute atomic E-state index is 0.499. The highest BCUT2D eigenvalue weighted by atomic mass is 32.1. The molecule has 104 valence electrons. The summed E-state index contributed by atoms with van der Waals surface area (Å²) in [7, 11) is 0. The molecule has 4 heteroatoms. The Kier molecular flexibility index (Phi) is 3.61. The first-order chi connectivity index (χ1) is 9.56. The van der Waals surface area contributed by atoms with Crippen LogP contribution in [0.1, 0.15) is 50.7 Å². The van der Waals surface area contributed by atoms with Crippen molar-refractivity contribution in [3.05, 3.63) is 34.8 Å². The fourth-order valence-corrected chi connectivity index (χ4v) is 4.11. The van der Waals surface area contributed by atoms with Crippen LogP contribution < -0.4 is 0 Å². The second kappa shape index (κ2) is 5.26. The van der Waals surface area contributed by atoms with Gasteiger partial charge in [-0.25, -0.2) is 9.97 Å². The Balaban J connectivity index is 2.14. The van der Waals surface area contributed by atoms with Crippen molar-refractivity contribution in [2.24, 2.45) is 0 Å². The van der Waals surface area contributed by atoms with Crippen LogP contribution in [0.2, 0.25) is 0 Å². The Labute approximate surface area is 127 Å². The lowest BCUT2D eigenvalue weighted by atomic mass is 9.92. The van der Waals surface area contributed by atoms with Gasteiger partial charge >= 0.3 is 0 Å². The van der Waals surface area contributed by atoms with Gasteiger partial charge in [0.15, 0.2) is 9.66 Å². The molecule has 2 nitrogen and oxygen atoms in total. The van der Waals surface area contributed by atoms with Crippen LogP contribution in [0.15, 0.2) is 23.7 Å². The number of fused-ring (bicyclic) bond motifs is 1. The van der Waals surface area contributed by atoms with Gasteiger partial charge in [-0.05, 0) is 23.0 Å². The molecule has 0 N–H and O–H groups in total. The average molecular weight is 302 g/mol. The van der Waals surface area contributed by atoms with Crippen LogP contribution in [-0.2, 0) is 0 Å². The quantitative estimate of drug-likeness (QED) is 0.623. The van der Waals surface area contributed by atoms with Gasteiger partial charge in [-0.1, -0.05) is 57.2 Å². The van der Waals surface area contributed by atoms with Crippen molar-refractivity contribution >= 4 is 32.3 Å². The first-order valence-electron chi connectivity index (χ1n) is 6.90. The van der Waals surface area contributed by atoms with Gasteiger partial charge in [-0.15, -0.1) is 11.3 Å². The summed E-state index contributed by atoms with van der Waals surface area (Å²) in [5.41, 5.74) is 5.91. The molecule has 0 aliphatic heterocycles. The number of hydrogen-bond donors (Lipinski definition) is 0. The van der Waals surface area contributed by atoms with Crippen LogP contribution in [0.5, 0.6) is 0 Å². The predicted molar refractivity (Wildman–Crippen MR) is 88.9 cm³/mol. The van der Waals surface area contributed by atoms with E-state index in [9.17, 15) is 0 Å². The monoisotopic (exact) mass is 302 g/mol. The molecule has 0 bridgehead atoms. The van der Waals surface area contributed by atoms with E-state index >= 15 is 0 Å². The fourth-order valence-electron chi connectivity index (χ4n) is 2.31. The van der Waals surface area contributed by atoms with Crippen molar-refractivity contribution < 1.29 is 0 Å². The Morgan fingerprint density at radius 2 is 1.80 bits per heavy atom. The lowest BCUT2D eigenvalue weighted by Crippen LogP contribution is -1.96.